The summed E-state index contributed by atoms with van der Waals surface area (Å²) in [5, 5.41) is 1.14. The Morgan fingerprint density at radius 3 is 2.56 bits per heavy atom. The van der Waals surface area contributed by atoms with Crippen LogP contribution in [0.5, 0.6) is 0 Å². The summed E-state index contributed by atoms with van der Waals surface area (Å²) in [5.74, 6) is 0.669. The SMILES string of the molecule is CC1=CNN(C(=O)N2CC(C)OC(C)C2)O1. The third-order valence-corrected chi connectivity index (χ3v) is 2.48. The van der Waals surface area contributed by atoms with Crippen LogP contribution in [-0.4, -0.2) is 41.4 Å². The van der Waals surface area contributed by atoms with Crippen LogP contribution in [0.15, 0.2) is 12.0 Å². The van der Waals surface area contributed by atoms with E-state index in [1.54, 1.807) is 18.0 Å². The molecule has 0 bridgehead atoms. The summed E-state index contributed by atoms with van der Waals surface area (Å²) in [4.78, 5) is 18.9. The maximum absolute atomic E-state index is 12.0. The topological polar surface area (TPSA) is 54.0 Å². The van der Waals surface area contributed by atoms with Crippen LogP contribution in [0.25, 0.3) is 0 Å². The van der Waals surface area contributed by atoms with Gasteiger partial charge in [0, 0.05) is 13.1 Å². The lowest BCUT2D eigenvalue weighted by molar-refractivity contribution is -0.110. The van der Waals surface area contributed by atoms with E-state index >= 15 is 0 Å². The van der Waals surface area contributed by atoms with Crippen LogP contribution in [0.2, 0.25) is 0 Å². The molecule has 90 valence electrons. The minimum absolute atomic E-state index is 0.0596. The summed E-state index contributed by atoms with van der Waals surface area (Å²) < 4.78 is 5.56. The molecule has 6 nitrogen and oxygen atoms in total. The van der Waals surface area contributed by atoms with Crippen molar-refractivity contribution < 1.29 is 14.4 Å². The van der Waals surface area contributed by atoms with E-state index in [1.165, 1.54) is 0 Å². The van der Waals surface area contributed by atoms with Crippen molar-refractivity contribution in [1.82, 2.24) is 15.5 Å². The minimum atomic E-state index is -0.185. The molecule has 2 atom stereocenters. The van der Waals surface area contributed by atoms with Crippen molar-refractivity contribution >= 4 is 6.03 Å². The van der Waals surface area contributed by atoms with Gasteiger partial charge in [-0.2, -0.15) is 0 Å². The number of ether oxygens (including phenoxy) is 1. The predicted molar refractivity (Wildman–Crippen MR) is 56.8 cm³/mol. The van der Waals surface area contributed by atoms with Gasteiger partial charge in [0.1, 0.15) is 5.76 Å². The zero-order valence-electron chi connectivity index (χ0n) is 9.77. The number of allylic oxidation sites excluding steroid dienone is 1. The second-order valence-electron chi connectivity index (χ2n) is 4.21. The minimum Gasteiger partial charge on any atom is -0.372 e. The monoisotopic (exact) mass is 227 g/mol. The number of rotatable bonds is 0. The van der Waals surface area contributed by atoms with Gasteiger partial charge >= 0.3 is 6.03 Å². The Hall–Kier alpha value is -1.43. The van der Waals surface area contributed by atoms with Gasteiger partial charge in [-0.1, -0.05) is 5.17 Å². The van der Waals surface area contributed by atoms with Crippen LogP contribution >= 0.6 is 0 Å². The highest BCUT2D eigenvalue weighted by molar-refractivity contribution is 5.73. The molecule has 1 saturated heterocycles. The van der Waals surface area contributed by atoms with Gasteiger partial charge in [-0.05, 0) is 20.8 Å². The number of hydroxylamine groups is 1. The van der Waals surface area contributed by atoms with E-state index in [-0.39, 0.29) is 18.2 Å². The molecule has 1 N–H and O–H groups in total. The van der Waals surface area contributed by atoms with Crippen molar-refractivity contribution in [3.63, 3.8) is 0 Å². The summed E-state index contributed by atoms with van der Waals surface area (Å²) in [7, 11) is 0. The number of carbonyl (C=O) groups excluding carboxylic acids is 1. The molecule has 0 aromatic carbocycles. The Labute approximate surface area is 94.7 Å². The molecule has 2 rings (SSSR count). The lowest BCUT2D eigenvalue weighted by Gasteiger charge is -2.36. The largest absolute Gasteiger partial charge is 0.373 e. The number of urea groups is 1. The molecule has 1 fully saturated rings. The molecular formula is C10H17N3O3. The Bertz CT molecular complexity index is 308. The average molecular weight is 227 g/mol. The number of hydrazine groups is 1. The van der Waals surface area contributed by atoms with Gasteiger partial charge in [0.15, 0.2) is 0 Å². The van der Waals surface area contributed by atoms with Gasteiger partial charge < -0.3 is 14.5 Å². The summed E-state index contributed by atoms with van der Waals surface area (Å²) in [5.41, 5.74) is 2.75. The fraction of sp³-hybridized carbons (Fsp3) is 0.700. The van der Waals surface area contributed by atoms with E-state index < -0.39 is 0 Å². The third kappa shape index (κ3) is 2.21. The van der Waals surface area contributed by atoms with Gasteiger partial charge in [-0.25, -0.2) is 4.79 Å². The van der Waals surface area contributed by atoms with Crippen LogP contribution < -0.4 is 5.43 Å². The van der Waals surface area contributed by atoms with E-state index in [2.05, 4.69) is 5.43 Å². The Morgan fingerprint density at radius 1 is 1.44 bits per heavy atom. The highest BCUT2D eigenvalue weighted by atomic mass is 16.7. The van der Waals surface area contributed by atoms with Gasteiger partial charge in [-0.3, -0.25) is 5.43 Å². The first-order valence-corrected chi connectivity index (χ1v) is 5.41. The number of nitrogens with one attached hydrogen (secondary N) is 1. The fourth-order valence-electron chi connectivity index (χ4n) is 1.90. The molecule has 2 aliphatic heterocycles. The molecule has 16 heavy (non-hydrogen) atoms. The molecule has 2 heterocycles. The highest BCUT2D eigenvalue weighted by Crippen LogP contribution is 2.14. The Kier molecular flexibility index (Phi) is 2.91. The first kappa shape index (κ1) is 11.1. The first-order chi connectivity index (χ1) is 7.56. The number of hydrogen-bond donors (Lipinski definition) is 1. The number of morpholine rings is 1. The number of amides is 2. The van der Waals surface area contributed by atoms with Gasteiger partial charge in [0.25, 0.3) is 0 Å². The van der Waals surface area contributed by atoms with Crippen LogP contribution in [-0.2, 0) is 9.57 Å². The van der Waals surface area contributed by atoms with Crippen LogP contribution in [0, 0.1) is 0 Å². The second-order valence-corrected chi connectivity index (χ2v) is 4.21. The van der Waals surface area contributed by atoms with Gasteiger partial charge in [0.05, 0.1) is 18.4 Å². The van der Waals surface area contributed by atoms with Gasteiger partial charge in [-0.15, -0.1) is 0 Å². The molecule has 2 amide bonds. The summed E-state index contributed by atoms with van der Waals surface area (Å²) in [6.07, 6.45) is 1.76. The van der Waals surface area contributed by atoms with E-state index in [9.17, 15) is 4.79 Å². The van der Waals surface area contributed by atoms with E-state index in [0.717, 1.165) is 5.17 Å². The van der Waals surface area contributed by atoms with E-state index in [0.29, 0.717) is 18.8 Å². The molecular weight excluding hydrogens is 210 g/mol. The molecule has 6 heteroatoms. The predicted octanol–water partition coefficient (Wildman–Crippen LogP) is 0.829. The third-order valence-electron chi connectivity index (χ3n) is 2.48. The lowest BCUT2D eigenvalue weighted by Crippen LogP contribution is -2.53. The molecule has 0 radical (unpaired) electrons. The number of nitrogens with zero attached hydrogens (tertiary/aromatic N) is 2. The van der Waals surface area contributed by atoms with Crippen molar-refractivity contribution in [2.75, 3.05) is 13.1 Å². The van der Waals surface area contributed by atoms with Crippen LogP contribution in [0.4, 0.5) is 4.79 Å². The fourth-order valence-corrected chi connectivity index (χ4v) is 1.90. The lowest BCUT2D eigenvalue weighted by atomic mass is 10.2. The standard InChI is InChI=1S/C10H17N3O3/c1-7-4-11-13(16-7)10(14)12-5-8(2)15-9(3)6-12/h4,8-9,11H,5-6H2,1-3H3. The summed E-state index contributed by atoms with van der Waals surface area (Å²) in [6, 6.07) is -0.185. The normalized spacial score (nSPS) is 29.6. The molecule has 0 aliphatic carbocycles. The maximum atomic E-state index is 12.0. The van der Waals surface area contributed by atoms with Crippen molar-refractivity contribution in [2.45, 2.75) is 33.0 Å². The van der Waals surface area contributed by atoms with Crippen LogP contribution in [0.3, 0.4) is 0 Å². The smallest absolute Gasteiger partial charge is 0.372 e. The Morgan fingerprint density at radius 2 is 2.06 bits per heavy atom. The van der Waals surface area contributed by atoms with Gasteiger partial charge in [0.2, 0.25) is 0 Å². The van der Waals surface area contributed by atoms with Crippen molar-refractivity contribution in [1.29, 1.82) is 0 Å². The second kappa shape index (κ2) is 4.21. The zero-order valence-corrected chi connectivity index (χ0v) is 9.77. The molecule has 0 spiro atoms. The summed E-state index contributed by atoms with van der Waals surface area (Å²) >= 11 is 0. The highest BCUT2D eigenvalue weighted by Gasteiger charge is 2.31. The number of hydrogen-bond acceptors (Lipinski definition) is 4. The molecule has 2 unspecified atom stereocenters. The van der Waals surface area contributed by atoms with Crippen LogP contribution in [0.1, 0.15) is 20.8 Å². The molecule has 2 aliphatic rings. The molecule has 0 saturated carbocycles. The molecule has 0 aromatic rings. The van der Waals surface area contributed by atoms with E-state index in [4.69, 9.17) is 9.57 Å². The van der Waals surface area contributed by atoms with Crippen molar-refractivity contribution in [2.24, 2.45) is 0 Å². The van der Waals surface area contributed by atoms with Crippen molar-refractivity contribution in [3.05, 3.63) is 12.0 Å². The number of carbonyl (C=O) groups is 1. The molecule has 0 aromatic heterocycles. The van der Waals surface area contributed by atoms with Crippen molar-refractivity contribution in [3.8, 4) is 0 Å². The quantitative estimate of drug-likeness (QED) is 0.666. The van der Waals surface area contributed by atoms with E-state index in [1.807, 2.05) is 13.8 Å². The first-order valence-electron chi connectivity index (χ1n) is 5.41. The maximum Gasteiger partial charge on any atom is 0.373 e. The summed E-state index contributed by atoms with van der Waals surface area (Å²) in [6.45, 7) is 6.87. The average Bonchev–Trinajstić information content (AvgIpc) is 2.62. The zero-order chi connectivity index (χ0) is 11.7. The Balaban J connectivity index is 1.94.